The number of sulfonamides is 1. The Labute approximate surface area is 252 Å². The Hall–Kier alpha value is -2.68. The van der Waals surface area contributed by atoms with Gasteiger partial charge in [-0.2, -0.15) is 9.40 Å². The molecular formula is C28H43N9O3S2. The van der Waals surface area contributed by atoms with E-state index in [-0.39, 0.29) is 17.9 Å². The summed E-state index contributed by atoms with van der Waals surface area (Å²) in [6.07, 6.45) is 9.68. The number of amides is 1. The third kappa shape index (κ3) is 7.09. The molecule has 230 valence electrons. The van der Waals surface area contributed by atoms with Crippen molar-refractivity contribution in [1.29, 1.82) is 0 Å². The molecule has 2 fully saturated rings. The minimum atomic E-state index is -3.30. The van der Waals surface area contributed by atoms with Crippen molar-refractivity contribution in [3.8, 4) is 0 Å². The molecule has 1 saturated heterocycles. The zero-order valence-electron chi connectivity index (χ0n) is 25.1. The molecule has 5 rings (SSSR count). The molecular weight excluding hydrogens is 575 g/mol. The van der Waals surface area contributed by atoms with Gasteiger partial charge in [0.15, 0.2) is 5.65 Å². The molecule has 1 saturated carbocycles. The number of carbonyl (C=O) groups excluding carboxylic acids is 1. The van der Waals surface area contributed by atoms with Gasteiger partial charge in [-0.3, -0.25) is 4.79 Å². The number of thiazole rings is 1. The maximum atomic E-state index is 13.4. The van der Waals surface area contributed by atoms with Crippen LogP contribution in [0.4, 0.5) is 5.82 Å². The molecule has 4 heterocycles. The lowest BCUT2D eigenvalue weighted by atomic mass is 9.85. The Kier molecular flexibility index (Phi) is 9.75. The van der Waals surface area contributed by atoms with Crippen molar-refractivity contribution in [3.63, 3.8) is 0 Å². The number of hydrogen-bond donors (Lipinski definition) is 0. The van der Waals surface area contributed by atoms with E-state index in [1.165, 1.54) is 6.26 Å². The normalized spacial score (nSPS) is 20.2. The summed E-state index contributed by atoms with van der Waals surface area (Å²) in [6, 6.07) is -0.0316. The van der Waals surface area contributed by atoms with E-state index in [2.05, 4.69) is 32.3 Å². The van der Waals surface area contributed by atoms with Crippen LogP contribution in [0, 0.1) is 5.92 Å². The molecule has 2 aliphatic rings. The molecule has 0 aromatic carbocycles. The first-order valence-electron chi connectivity index (χ1n) is 14.9. The van der Waals surface area contributed by atoms with E-state index in [1.54, 1.807) is 22.0 Å². The highest BCUT2D eigenvalue weighted by Gasteiger charge is 2.35. The summed E-state index contributed by atoms with van der Waals surface area (Å²) < 4.78 is 28.4. The second kappa shape index (κ2) is 13.3. The van der Waals surface area contributed by atoms with Crippen molar-refractivity contribution in [2.45, 2.75) is 58.0 Å². The number of likely N-dealkylation sites (N-methyl/N-ethyl adjacent to an activating group) is 1. The zero-order valence-corrected chi connectivity index (χ0v) is 26.8. The smallest absolute Gasteiger partial charge is 0.225 e. The molecule has 1 aliphatic carbocycles. The predicted octanol–water partition coefficient (Wildman–Crippen LogP) is 2.31. The lowest BCUT2D eigenvalue weighted by Gasteiger charge is -2.39. The first-order valence-corrected chi connectivity index (χ1v) is 17.6. The van der Waals surface area contributed by atoms with Gasteiger partial charge >= 0.3 is 0 Å². The van der Waals surface area contributed by atoms with Crippen molar-refractivity contribution in [2.75, 3.05) is 64.5 Å². The van der Waals surface area contributed by atoms with Crippen molar-refractivity contribution in [2.24, 2.45) is 5.92 Å². The van der Waals surface area contributed by atoms with Gasteiger partial charge < -0.3 is 14.7 Å². The van der Waals surface area contributed by atoms with Crippen LogP contribution >= 0.6 is 11.3 Å². The van der Waals surface area contributed by atoms with E-state index in [4.69, 9.17) is 4.98 Å². The molecule has 3 aromatic rings. The van der Waals surface area contributed by atoms with Crippen LogP contribution in [0.5, 0.6) is 0 Å². The molecule has 0 atom stereocenters. The zero-order chi connectivity index (χ0) is 29.9. The molecule has 0 bridgehead atoms. The number of anilines is 1. The summed E-state index contributed by atoms with van der Waals surface area (Å²) in [6.45, 7) is 6.55. The quantitative estimate of drug-likeness (QED) is 0.319. The Morgan fingerprint density at radius 3 is 2.48 bits per heavy atom. The highest BCUT2D eigenvalue weighted by atomic mass is 32.2. The molecule has 14 heteroatoms. The van der Waals surface area contributed by atoms with Crippen LogP contribution < -0.4 is 4.90 Å². The van der Waals surface area contributed by atoms with Crippen molar-refractivity contribution >= 4 is 44.1 Å². The summed E-state index contributed by atoms with van der Waals surface area (Å²) >= 11 is 1.69. The van der Waals surface area contributed by atoms with E-state index in [1.807, 2.05) is 34.8 Å². The summed E-state index contributed by atoms with van der Waals surface area (Å²) in [7, 11) is 0.599. The highest BCUT2D eigenvalue weighted by Crippen LogP contribution is 2.31. The van der Waals surface area contributed by atoms with Gasteiger partial charge in [0.1, 0.15) is 12.1 Å². The second-order valence-corrected chi connectivity index (χ2v) is 14.6. The van der Waals surface area contributed by atoms with Gasteiger partial charge in [-0.1, -0.05) is 6.92 Å². The predicted molar refractivity (Wildman–Crippen MR) is 165 cm³/mol. The summed E-state index contributed by atoms with van der Waals surface area (Å²) in [4.78, 5) is 33.5. The minimum Gasteiger partial charge on any atom is -0.352 e. The number of nitrogens with zero attached hydrogens (tertiary/aromatic N) is 9. The number of aromatic nitrogens is 5. The van der Waals surface area contributed by atoms with Gasteiger partial charge in [0.2, 0.25) is 15.9 Å². The van der Waals surface area contributed by atoms with E-state index in [0.717, 1.165) is 66.1 Å². The van der Waals surface area contributed by atoms with Crippen LogP contribution in [0.1, 0.15) is 49.7 Å². The third-order valence-electron chi connectivity index (χ3n) is 8.33. The highest BCUT2D eigenvalue weighted by molar-refractivity contribution is 7.88. The topological polar surface area (TPSA) is 121 Å². The van der Waals surface area contributed by atoms with Gasteiger partial charge in [0.05, 0.1) is 35.1 Å². The fourth-order valence-electron chi connectivity index (χ4n) is 6.08. The molecule has 3 aromatic heterocycles. The SMILES string of the molecule is CCCc1nc(Cn2ncc3c(N4CCN(C(=O)C5CCC(N(CCN(C)C)S(C)(=O)=O)CC5)CC4)ncnc32)cs1. The lowest BCUT2D eigenvalue weighted by molar-refractivity contribution is -0.137. The molecule has 0 spiro atoms. The Bertz CT molecular complexity index is 1460. The number of carbonyl (C=O) groups is 1. The lowest BCUT2D eigenvalue weighted by Crippen LogP contribution is -2.52. The molecule has 0 N–H and O–H groups in total. The Morgan fingerprint density at radius 1 is 1.07 bits per heavy atom. The van der Waals surface area contributed by atoms with Crippen LogP contribution in [-0.4, -0.2) is 119 Å². The number of rotatable bonds is 11. The van der Waals surface area contributed by atoms with Crippen LogP contribution in [0.3, 0.4) is 0 Å². The minimum absolute atomic E-state index is 0.0316. The number of piperazine rings is 1. The van der Waals surface area contributed by atoms with Crippen molar-refractivity contribution in [3.05, 3.63) is 28.6 Å². The Morgan fingerprint density at radius 2 is 1.81 bits per heavy atom. The van der Waals surface area contributed by atoms with Gasteiger partial charge in [-0.05, 0) is 52.6 Å². The van der Waals surface area contributed by atoms with E-state index in [9.17, 15) is 13.2 Å². The van der Waals surface area contributed by atoms with E-state index < -0.39 is 10.0 Å². The van der Waals surface area contributed by atoms with Gasteiger partial charge in [-0.25, -0.2) is 28.1 Å². The van der Waals surface area contributed by atoms with Crippen molar-refractivity contribution in [1.82, 2.24) is 38.8 Å². The number of aryl methyl sites for hydroxylation is 1. The average molecular weight is 618 g/mol. The summed E-state index contributed by atoms with van der Waals surface area (Å²) in [5, 5.41) is 8.75. The molecule has 12 nitrogen and oxygen atoms in total. The van der Waals surface area contributed by atoms with Gasteiger partial charge in [-0.15, -0.1) is 11.3 Å². The maximum Gasteiger partial charge on any atom is 0.225 e. The van der Waals surface area contributed by atoms with Crippen LogP contribution in [0.2, 0.25) is 0 Å². The second-order valence-electron chi connectivity index (χ2n) is 11.7. The van der Waals surface area contributed by atoms with Crippen LogP contribution in [0.15, 0.2) is 17.9 Å². The molecule has 0 radical (unpaired) electrons. The fraction of sp³-hybridized carbons (Fsp3) is 0.679. The first kappa shape index (κ1) is 30.8. The first-order chi connectivity index (χ1) is 20.1. The number of fused-ring (bicyclic) bond motifs is 1. The molecule has 1 aliphatic heterocycles. The fourth-order valence-corrected chi connectivity index (χ4v) is 8.13. The van der Waals surface area contributed by atoms with Crippen LogP contribution in [-0.2, 0) is 27.8 Å². The number of hydrogen-bond acceptors (Lipinski definition) is 10. The molecule has 0 unspecified atom stereocenters. The van der Waals surface area contributed by atoms with Gasteiger partial charge in [0.25, 0.3) is 0 Å². The van der Waals surface area contributed by atoms with E-state index >= 15 is 0 Å². The molecule has 42 heavy (non-hydrogen) atoms. The Balaban J connectivity index is 1.16. The summed E-state index contributed by atoms with van der Waals surface area (Å²) in [5.41, 5.74) is 1.78. The average Bonchev–Trinajstić information content (AvgIpc) is 3.59. The third-order valence-corrected chi connectivity index (χ3v) is 10.6. The largest absolute Gasteiger partial charge is 0.352 e. The van der Waals surface area contributed by atoms with Gasteiger partial charge in [0, 0.05) is 56.6 Å². The standard InChI is InChI=1S/C28H43N9O3S2/c1-5-6-25-32-22(19-41-25)18-36-27-24(17-31-36)26(29-20-30-27)34-12-14-35(15-13-34)28(38)21-7-9-23(10-8-21)37(42(4,39)40)16-11-33(2)3/h17,19-21,23H,5-16,18H2,1-4H3. The summed E-state index contributed by atoms with van der Waals surface area (Å²) in [5.74, 6) is 0.997. The van der Waals surface area contributed by atoms with Crippen LogP contribution in [0.25, 0.3) is 11.0 Å². The van der Waals surface area contributed by atoms with Crippen molar-refractivity contribution < 1.29 is 13.2 Å². The molecule has 1 amide bonds. The maximum absolute atomic E-state index is 13.4. The monoisotopic (exact) mass is 617 g/mol. The van der Waals surface area contributed by atoms with E-state index in [0.29, 0.717) is 45.8 Å².